The van der Waals surface area contributed by atoms with Gasteiger partial charge in [-0.2, -0.15) is 13.2 Å². The summed E-state index contributed by atoms with van der Waals surface area (Å²) in [6, 6.07) is 5.00. The van der Waals surface area contributed by atoms with Gasteiger partial charge in [0.2, 0.25) is 0 Å². The maximum atomic E-state index is 13.2. The molecule has 2 heterocycles. The van der Waals surface area contributed by atoms with Gasteiger partial charge in [-0.3, -0.25) is 4.79 Å². The average Bonchev–Trinajstić information content (AvgIpc) is 2.89. The first-order valence-corrected chi connectivity index (χ1v) is 6.46. The van der Waals surface area contributed by atoms with Crippen molar-refractivity contribution in [2.75, 3.05) is 5.32 Å². The van der Waals surface area contributed by atoms with E-state index in [-0.39, 0.29) is 11.3 Å². The lowest BCUT2D eigenvalue weighted by molar-refractivity contribution is -0.137. The smallest absolute Gasteiger partial charge is 0.344 e. The number of rotatable bonds is 2. The van der Waals surface area contributed by atoms with E-state index in [0.29, 0.717) is 11.0 Å². The highest BCUT2D eigenvalue weighted by atomic mass is 19.4. The van der Waals surface area contributed by atoms with Crippen molar-refractivity contribution in [3.05, 3.63) is 59.7 Å². The van der Waals surface area contributed by atoms with Crippen molar-refractivity contribution >= 4 is 22.6 Å². The van der Waals surface area contributed by atoms with Crippen LogP contribution >= 0.6 is 0 Å². The second kappa shape index (κ2) is 5.38. The van der Waals surface area contributed by atoms with Crippen LogP contribution < -0.4 is 5.32 Å². The molecule has 0 saturated heterocycles. The van der Waals surface area contributed by atoms with Crippen molar-refractivity contribution in [1.29, 1.82) is 0 Å². The zero-order valence-electron chi connectivity index (χ0n) is 11.4. The van der Waals surface area contributed by atoms with E-state index in [1.165, 1.54) is 12.3 Å². The van der Waals surface area contributed by atoms with Gasteiger partial charge < -0.3 is 10.3 Å². The second-order valence-electron chi connectivity index (χ2n) is 4.78. The second-order valence-corrected chi connectivity index (χ2v) is 4.78. The van der Waals surface area contributed by atoms with E-state index in [2.05, 4.69) is 15.3 Å². The maximum Gasteiger partial charge on any atom is 0.416 e. The number of fused-ring (bicyclic) bond motifs is 1. The molecule has 3 aromatic rings. The molecule has 118 valence electrons. The summed E-state index contributed by atoms with van der Waals surface area (Å²) in [7, 11) is 0. The van der Waals surface area contributed by atoms with Gasteiger partial charge in [0.05, 0.1) is 17.4 Å². The number of carbonyl (C=O) groups is 1. The van der Waals surface area contributed by atoms with E-state index in [9.17, 15) is 22.4 Å². The van der Waals surface area contributed by atoms with E-state index >= 15 is 0 Å². The fraction of sp³-hybridized carbons (Fsp3) is 0.0667. The number of H-pyrrole nitrogens is 1. The first-order valence-electron chi connectivity index (χ1n) is 6.46. The number of carbonyl (C=O) groups excluding carboxylic acids is 1. The third kappa shape index (κ3) is 3.01. The summed E-state index contributed by atoms with van der Waals surface area (Å²) in [5.41, 5.74) is -0.116. The lowest BCUT2D eigenvalue weighted by Gasteiger charge is -2.08. The van der Waals surface area contributed by atoms with E-state index in [0.717, 1.165) is 30.5 Å². The standard InChI is InChI=1S/C15H9F4N3O/c16-10-5-11-12(7-21-13(11)20-6-10)22-14(23)8-1-3-9(4-2-8)15(17,18)19/h1-7H,(H,20,21)(H,22,23). The van der Waals surface area contributed by atoms with Crippen LogP contribution in [0.2, 0.25) is 0 Å². The topological polar surface area (TPSA) is 57.8 Å². The van der Waals surface area contributed by atoms with Crippen LogP contribution in [0.5, 0.6) is 0 Å². The molecule has 0 saturated carbocycles. The maximum absolute atomic E-state index is 13.2. The van der Waals surface area contributed by atoms with Crippen LogP contribution in [0.4, 0.5) is 23.2 Å². The predicted molar refractivity (Wildman–Crippen MR) is 75.4 cm³/mol. The zero-order chi connectivity index (χ0) is 16.6. The number of benzene rings is 1. The predicted octanol–water partition coefficient (Wildman–Crippen LogP) is 3.97. The molecule has 0 fully saturated rings. The molecule has 2 N–H and O–H groups in total. The molecule has 0 aliphatic carbocycles. The van der Waals surface area contributed by atoms with Gasteiger partial charge in [-0.1, -0.05) is 0 Å². The Bertz CT molecular complexity index is 869. The Morgan fingerprint density at radius 2 is 1.87 bits per heavy atom. The van der Waals surface area contributed by atoms with Gasteiger partial charge in [-0.05, 0) is 30.3 Å². The lowest BCUT2D eigenvalue weighted by atomic mass is 10.1. The summed E-state index contributed by atoms with van der Waals surface area (Å²) in [4.78, 5) is 18.7. The molecule has 0 aliphatic heterocycles. The molecule has 1 amide bonds. The van der Waals surface area contributed by atoms with Crippen LogP contribution in [0.1, 0.15) is 15.9 Å². The van der Waals surface area contributed by atoms with Crippen molar-refractivity contribution in [1.82, 2.24) is 9.97 Å². The van der Waals surface area contributed by atoms with E-state index in [1.807, 2.05) is 0 Å². The Kier molecular flexibility index (Phi) is 3.51. The van der Waals surface area contributed by atoms with Crippen LogP contribution in [-0.4, -0.2) is 15.9 Å². The Balaban J connectivity index is 1.84. The summed E-state index contributed by atoms with van der Waals surface area (Å²) in [6.45, 7) is 0. The summed E-state index contributed by atoms with van der Waals surface area (Å²) in [6.07, 6.45) is -2.01. The number of anilines is 1. The van der Waals surface area contributed by atoms with E-state index < -0.39 is 23.5 Å². The van der Waals surface area contributed by atoms with Crippen LogP contribution in [0, 0.1) is 5.82 Å². The van der Waals surface area contributed by atoms with E-state index in [4.69, 9.17) is 0 Å². The molecule has 4 nitrogen and oxygen atoms in total. The minimum atomic E-state index is -4.46. The van der Waals surface area contributed by atoms with Crippen molar-refractivity contribution in [3.8, 4) is 0 Å². The normalized spacial score (nSPS) is 11.7. The quantitative estimate of drug-likeness (QED) is 0.701. The van der Waals surface area contributed by atoms with Gasteiger partial charge in [0.15, 0.2) is 0 Å². The van der Waals surface area contributed by atoms with Gasteiger partial charge in [-0.15, -0.1) is 0 Å². The molecular weight excluding hydrogens is 314 g/mol. The highest BCUT2D eigenvalue weighted by molar-refractivity contribution is 6.08. The summed E-state index contributed by atoms with van der Waals surface area (Å²) >= 11 is 0. The monoisotopic (exact) mass is 323 g/mol. The number of amides is 1. The fourth-order valence-electron chi connectivity index (χ4n) is 2.09. The van der Waals surface area contributed by atoms with Gasteiger partial charge >= 0.3 is 6.18 Å². The molecule has 23 heavy (non-hydrogen) atoms. The van der Waals surface area contributed by atoms with Crippen LogP contribution in [0.25, 0.3) is 11.0 Å². The molecule has 1 aromatic carbocycles. The molecule has 0 bridgehead atoms. The van der Waals surface area contributed by atoms with Gasteiger partial charge in [0, 0.05) is 17.1 Å². The Morgan fingerprint density at radius 3 is 2.52 bits per heavy atom. The first kappa shape index (κ1) is 15.0. The number of nitrogens with zero attached hydrogens (tertiary/aromatic N) is 1. The third-order valence-electron chi connectivity index (χ3n) is 3.22. The minimum Gasteiger partial charge on any atom is -0.344 e. The van der Waals surface area contributed by atoms with E-state index in [1.54, 1.807) is 0 Å². The third-order valence-corrected chi connectivity index (χ3v) is 3.22. The Labute approximate surface area is 127 Å². The number of hydrogen-bond donors (Lipinski definition) is 2. The first-order chi connectivity index (χ1) is 10.8. The average molecular weight is 323 g/mol. The number of aromatic amines is 1. The van der Waals surface area contributed by atoms with Crippen LogP contribution in [0.15, 0.2) is 42.7 Å². The minimum absolute atomic E-state index is 0.0525. The zero-order valence-corrected chi connectivity index (χ0v) is 11.4. The number of alkyl halides is 3. The molecule has 0 spiro atoms. The number of hydrogen-bond acceptors (Lipinski definition) is 2. The van der Waals surface area contributed by atoms with Crippen molar-refractivity contribution in [2.45, 2.75) is 6.18 Å². The molecule has 3 rings (SSSR count). The van der Waals surface area contributed by atoms with Crippen LogP contribution in [-0.2, 0) is 6.18 Å². The van der Waals surface area contributed by atoms with Crippen LogP contribution in [0.3, 0.4) is 0 Å². The number of nitrogens with one attached hydrogen (secondary N) is 2. The molecule has 0 aliphatic rings. The number of halogens is 4. The number of aromatic nitrogens is 2. The lowest BCUT2D eigenvalue weighted by Crippen LogP contribution is -2.12. The van der Waals surface area contributed by atoms with Crippen molar-refractivity contribution in [2.24, 2.45) is 0 Å². The Hall–Kier alpha value is -2.90. The summed E-state index contributed by atoms with van der Waals surface area (Å²) in [5, 5.41) is 2.87. The SMILES string of the molecule is O=C(Nc1c[nH]c2ncc(F)cc12)c1ccc(C(F)(F)F)cc1. The van der Waals surface area contributed by atoms with Gasteiger partial charge in [0.25, 0.3) is 5.91 Å². The molecule has 2 aromatic heterocycles. The van der Waals surface area contributed by atoms with Gasteiger partial charge in [-0.25, -0.2) is 9.37 Å². The summed E-state index contributed by atoms with van der Waals surface area (Å²) in [5.74, 6) is -1.17. The fourth-order valence-corrected chi connectivity index (χ4v) is 2.09. The molecule has 0 radical (unpaired) electrons. The molecular formula is C15H9F4N3O. The number of pyridine rings is 1. The van der Waals surface area contributed by atoms with Gasteiger partial charge in [0.1, 0.15) is 11.5 Å². The highest BCUT2D eigenvalue weighted by Gasteiger charge is 2.30. The molecule has 0 unspecified atom stereocenters. The Morgan fingerprint density at radius 1 is 1.17 bits per heavy atom. The largest absolute Gasteiger partial charge is 0.416 e. The molecule has 8 heteroatoms. The highest BCUT2D eigenvalue weighted by Crippen LogP contribution is 2.29. The van der Waals surface area contributed by atoms with Crippen molar-refractivity contribution in [3.63, 3.8) is 0 Å². The molecule has 0 atom stereocenters. The van der Waals surface area contributed by atoms with Crippen molar-refractivity contribution < 1.29 is 22.4 Å². The summed E-state index contributed by atoms with van der Waals surface area (Å²) < 4.78 is 50.7.